The highest BCUT2D eigenvalue weighted by Crippen LogP contribution is 2.03. The van der Waals surface area contributed by atoms with Gasteiger partial charge in [-0.25, -0.2) is 19.0 Å². The van der Waals surface area contributed by atoms with Gasteiger partial charge in [-0.05, 0) is 35.4 Å². The van der Waals surface area contributed by atoms with Crippen LogP contribution in [0.15, 0.2) is 48.5 Å². The Hall–Kier alpha value is -2.96. The summed E-state index contributed by atoms with van der Waals surface area (Å²) in [5, 5.41) is 2.47. The number of amides is 3. The summed E-state index contributed by atoms with van der Waals surface area (Å²) in [6.07, 6.45) is 0.00442. The van der Waals surface area contributed by atoms with E-state index in [1.165, 1.54) is 42.5 Å². The molecule has 0 saturated heterocycles. The zero-order valence-electron chi connectivity index (χ0n) is 12.1. The summed E-state index contributed by atoms with van der Waals surface area (Å²) < 4.78 is 25.7. The first-order chi connectivity index (χ1) is 11.0. The Balaban J connectivity index is 1.71. The lowest BCUT2D eigenvalue weighted by Crippen LogP contribution is -2.47. The van der Waals surface area contributed by atoms with E-state index in [0.29, 0.717) is 11.1 Å². The Morgan fingerprint density at radius 1 is 0.870 bits per heavy atom. The molecule has 0 aliphatic rings. The number of nitrogens with one attached hydrogen (secondary N) is 3. The molecule has 7 heteroatoms. The molecule has 0 fully saturated rings. The van der Waals surface area contributed by atoms with Crippen LogP contribution in [0.4, 0.5) is 13.6 Å². The quantitative estimate of drug-likeness (QED) is 0.755. The second-order valence-electron chi connectivity index (χ2n) is 4.79. The van der Waals surface area contributed by atoms with Crippen LogP contribution in [0.25, 0.3) is 0 Å². The van der Waals surface area contributed by atoms with Gasteiger partial charge in [0.2, 0.25) is 5.91 Å². The highest BCUT2D eigenvalue weighted by atomic mass is 19.1. The summed E-state index contributed by atoms with van der Waals surface area (Å²) in [4.78, 5) is 23.1. The lowest BCUT2D eigenvalue weighted by atomic mass is 10.1. The van der Waals surface area contributed by atoms with Gasteiger partial charge in [0.15, 0.2) is 0 Å². The molecule has 0 bridgehead atoms. The van der Waals surface area contributed by atoms with E-state index in [4.69, 9.17) is 0 Å². The van der Waals surface area contributed by atoms with E-state index in [2.05, 4.69) is 16.2 Å². The Morgan fingerprint density at radius 3 is 2.30 bits per heavy atom. The summed E-state index contributed by atoms with van der Waals surface area (Å²) in [5.41, 5.74) is 5.62. The maximum atomic E-state index is 13.0. The predicted octanol–water partition coefficient (Wildman–Crippen LogP) is 2.04. The molecule has 0 aromatic heterocycles. The number of carbonyl (C=O) groups excluding carboxylic acids is 2. The highest BCUT2D eigenvalue weighted by Gasteiger charge is 2.06. The first kappa shape index (κ1) is 16.4. The van der Waals surface area contributed by atoms with Gasteiger partial charge in [0.1, 0.15) is 11.6 Å². The van der Waals surface area contributed by atoms with Crippen molar-refractivity contribution in [2.24, 2.45) is 0 Å². The Labute approximate surface area is 131 Å². The van der Waals surface area contributed by atoms with Crippen molar-refractivity contribution in [2.45, 2.75) is 13.0 Å². The van der Waals surface area contributed by atoms with E-state index in [9.17, 15) is 18.4 Å². The summed E-state index contributed by atoms with van der Waals surface area (Å²) >= 11 is 0. The molecule has 0 aliphatic carbocycles. The lowest BCUT2D eigenvalue weighted by molar-refractivity contribution is -0.121. The van der Waals surface area contributed by atoms with Crippen LogP contribution in [0.5, 0.6) is 0 Å². The standard InChI is InChI=1S/C16H15F2N3O2/c17-13-6-4-11(5-7-13)9-15(22)20-21-16(23)19-10-12-2-1-3-14(18)8-12/h1-8H,9-10H2,(H,20,22)(H2,19,21,23). The van der Waals surface area contributed by atoms with Crippen LogP contribution in [-0.4, -0.2) is 11.9 Å². The molecule has 2 rings (SSSR count). The minimum absolute atomic E-state index is 0.00442. The molecule has 3 N–H and O–H groups in total. The Kier molecular flexibility index (Phi) is 5.62. The minimum atomic E-state index is -0.623. The van der Waals surface area contributed by atoms with Crippen molar-refractivity contribution in [3.05, 3.63) is 71.3 Å². The van der Waals surface area contributed by atoms with Gasteiger partial charge in [-0.3, -0.25) is 10.2 Å². The van der Waals surface area contributed by atoms with Gasteiger partial charge in [0.05, 0.1) is 6.42 Å². The van der Waals surface area contributed by atoms with Crippen molar-refractivity contribution < 1.29 is 18.4 Å². The van der Waals surface area contributed by atoms with Crippen molar-refractivity contribution in [3.63, 3.8) is 0 Å². The monoisotopic (exact) mass is 319 g/mol. The van der Waals surface area contributed by atoms with Gasteiger partial charge in [-0.2, -0.15) is 0 Å². The first-order valence-electron chi connectivity index (χ1n) is 6.84. The molecule has 120 valence electrons. The van der Waals surface area contributed by atoms with Gasteiger partial charge in [0.25, 0.3) is 0 Å². The molecule has 0 heterocycles. The Bertz CT molecular complexity index is 690. The van der Waals surface area contributed by atoms with Crippen LogP contribution in [0.3, 0.4) is 0 Å². The zero-order valence-corrected chi connectivity index (χ0v) is 12.1. The molecule has 0 saturated carbocycles. The normalized spacial score (nSPS) is 10.0. The van der Waals surface area contributed by atoms with Gasteiger partial charge in [-0.1, -0.05) is 24.3 Å². The number of urea groups is 1. The molecule has 2 aromatic rings. The fourth-order valence-electron chi connectivity index (χ4n) is 1.83. The van der Waals surface area contributed by atoms with Crippen molar-refractivity contribution >= 4 is 11.9 Å². The van der Waals surface area contributed by atoms with E-state index in [-0.39, 0.29) is 18.8 Å². The topological polar surface area (TPSA) is 70.2 Å². The van der Waals surface area contributed by atoms with E-state index in [0.717, 1.165) is 0 Å². The summed E-state index contributed by atoms with van der Waals surface area (Å²) in [7, 11) is 0. The van der Waals surface area contributed by atoms with Crippen LogP contribution >= 0.6 is 0 Å². The highest BCUT2D eigenvalue weighted by molar-refractivity contribution is 5.82. The van der Waals surface area contributed by atoms with Crippen LogP contribution in [-0.2, 0) is 17.8 Å². The predicted molar refractivity (Wildman–Crippen MR) is 80.0 cm³/mol. The SMILES string of the molecule is O=C(Cc1ccc(F)cc1)NNC(=O)NCc1cccc(F)c1. The summed E-state index contributed by atoms with van der Waals surface area (Å²) in [5.74, 6) is -1.22. The number of hydrogen-bond acceptors (Lipinski definition) is 2. The summed E-state index contributed by atoms with van der Waals surface area (Å²) in [6, 6.07) is 10.7. The third-order valence-corrected chi connectivity index (χ3v) is 2.94. The van der Waals surface area contributed by atoms with Crippen molar-refractivity contribution in [1.29, 1.82) is 0 Å². The number of halogens is 2. The van der Waals surface area contributed by atoms with Crippen LogP contribution in [0.1, 0.15) is 11.1 Å². The van der Waals surface area contributed by atoms with Crippen molar-refractivity contribution in [2.75, 3.05) is 0 Å². The van der Waals surface area contributed by atoms with Gasteiger partial charge in [-0.15, -0.1) is 0 Å². The maximum absolute atomic E-state index is 13.0. The average Bonchev–Trinajstić information content (AvgIpc) is 2.53. The van der Waals surface area contributed by atoms with Crippen LogP contribution in [0.2, 0.25) is 0 Å². The number of rotatable bonds is 4. The number of benzene rings is 2. The van der Waals surface area contributed by atoms with E-state index < -0.39 is 17.8 Å². The van der Waals surface area contributed by atoms with Crippen LogP contribution in [0, 0.1) is 11.6 Å². The fourth-order valence-corrected chi connectivity index (χ4v) is 1.83. The molecule has 5 nitrogen and oxygen atoms in total. The molecule has 23 heavy (non-hydrogen) atoms. The Morgan fingerprint density at radius 2 is 1.61 bits per heavy atom. The van der Waals surface area contributed by atoms with E-state index >= 15 is 0 Å². The number of hydrazine groups is 1. The van der Waals surface area contributed by atoms with Crippen molar-refractivity contribution in [3.8, 4) is 0 Å². The fraction of sp³-hybridized carbons (Fsp3) is 0.125. The van der Waals surface area contributed by atoms with E-state index in [1.54, 1.807) is 6.07 Å². The molecule has 3 amide bonds. The van der Waals surface area contributed by atoms with Crippen LogP contribution < -0.4 is 16.2 Å². The first-order valence-corrected chi connectivity index (χ1v) is 6.84. The molecule has 0 radical (unpaired) electrons. The zero-order chi connectivity index (χ0) is 16.7. The molecule has 0 unspecified atom stereocenters. The van der Waals surface area contributed by atoms with Gasteiger partial charge < -0.3 is 5.32 Å². The molecule has 2 aromatic carbocycles. The molecule has 0 atom stereocenters. The third-order valence-electron chi connectivity index (χ3n) is 2.94. The molecular weight excluding hydrogens is 304 g/mol. The smallest absolute Gasteiger partial charge is 0.333 e. The van der Waals surface area contributed by atoms with Crippen molar-refractivity contribution in [1.82, 2.24) is 16.2 Å². The molecule has 0 spiro atoms. The molecule has 0 aliphatic heterocycles. The lowest BCUT2D eigenvalue weighted by Gasteiger charge is -2.09. The van der Waals surface area contributed by atoms with E-state index in [1.807, 2.05) is 0 Å². The van der Waals surface area contributed by atoms with Gasteiger partial charge in [0, 0.05) is 6.54 Å². The number of carbonyl (C=O) groups is 2. The largest absolute Gasteiger partial charge is 0.333 e. The second kappa shape index (κ2) is 7.88. The third kappa shape index (κ3) is 5.74. The maximum Gasteiger partial charge on any atom is 0.333 e. The average molecular weight is 319 g/mol. The molecular formula is C16H15F2N3O2. The second-order valence-corrected chi connectivity index (χ2v) is 4.79. The minimum Gasteiger partial charge on any atom is -0.333 e. The summed E-state index contributed by atoms with van der Waals surface area (Å²) in [6.45, 7) is 0.122. The van der Waals surface area contributed by atoms with Gasteiger partial charge >= 0.3 is 6.03 Å². The number of hydrogen-bond donors (Lipinski definition) is 3.